The summed E-state index contributed by atoms with van der Waals surface area (Å²) in [6, 6.07) is 18.0. The summed E-state index contributed by atoms with van der Waals surface area (Å²) in [6.07, 6.45) is 1.68. The van der Waals surface area contributed by atoms with E-state index >= 15 is 0 Å². The third kappa shape index (κ3) is 6.65. The molecule has 1 unspecified atom stereocenters. The van der Waals surface area contributed by atoms with Crippen molar-refractivity contribution in [3.05, 3.63) is 99.4 Å². The molecule has 2 N–H and O–H groups in total. The summed E-state index contributed by atoms with van der Waals surface area (Å²) in [6.45, 7) is 7.33. The molecule has 2 aromatic carbocycles. The number of likely N-dealkylation sites (N-methyl/N-ethyl adjacent to an activating group) is 1. The SMILES string of the molecule is CC(Nc1ccc(C(=O)NCc2cccc(CN3CCN(C)CC3)c2)cc1[N+](=O)[O-])c1ccccn1. The number of piperazine rings is 1. The van der Waals surface area contributed by atoms with E-state index in [1.807, 2.05) is 37.3 Å². The quantitative estimate of drug-likeness (QED) is 0.348. The van der Waals surface area contributed by atoms with Crippen molar-refractivity contribution in [3.8, 4) is 0 Å². The van der Waals surface area contributed by atoms with E-state index < -0.39 is 4.92 Å². The van der Waals surface area contributed by atoms with Gasteiger partial charge in [0.05, 0.1) is 16.7 Å². The van der Waals surface area contributed by atoms with Gasteiger partial charge in [-0.2, -0.15) is 0 Å². The van der Waals surface area contributed by atoms with Crippen molar-refractivity contribution < 1.29 is 9.72 Å². The highest BCUT2D eigenvalue weighted by Crippen LogP contribution is 2.29. The average Bonchev–Trinajstić information content (AvgIpc) is 2.89. The van der Waals surface area contributed by atoms with E-state index in [1.54, 1.807) is 18.3 Å². The molecule has 4 rings (SSSR count). The number of amides is 1. The van der Waals surface area contributed by atoms with Gasteiger partial charge in [0.2, 0.25) is 0 Å². The van der Waals surface area contributed by atoms with Crippen molar-refractivity contribution in [1.29, 1.82) is 0 Å². The van der Waals surface area contributed by atoms with Crippen molar-refractivity contribution in [2.45, 2.75) is 26.1 Å². The third-order valence-corrected chi connectivity index (χ3v) is 6.41. The second-order valence-corrected chi connectivity index (χ2v) is 9.19. The van der Waals surface area contributed by atoms with E-state index in [0.29, 0.717) is 12.2 Å². The Morgan fingerprint density at radius 3 is 2.56 bits per heavy atom. The number of hydrogen-bond acceptors (Lipinski definition) is 7. The number of benzene rings is 2. The number of anilines is 1. The molecular formula is C27H32N6O3. The standard InChI is InChI=1S/C27H32N6O3/c1-20(24-8-3-4-11-28-24)30-25-10-9-23(17-26(25)33(35)36)27(34)29-18-21-6-5-7-22(16-21)19-32-14-12-31(2)13-15-32/h3-11,16-17,20,30H,12-15,18-19H2,1-2H3,(H,29,34). The first-order valence-electron chi connectivity index (χ1n) is 12.1. The highest BCUT2D eigenvalue weighted by atomic mass is 16.6. The fraction of sp³-hybridized carbons (Fsp3) is 0.333. The average molecular weight is 489 g/mol. The van der Waals surface area contributed by atoms with Gasteiger partial charge in [0.25, 0.3) is 11.6 Å². The predicted octanol–water partition coefficient (Wildman–Crippen LogP) is 3.84. The largest absolute Gasteiger partial charge is 0.371 e. The molecule has 1 aliphatic rings. The summed E-state index contributed by atoms with van der Waals surface area (Å²) in [4.78, 5) is 33.1. The normalized spacial score (nSPS) is 15.3. The number of hydrogen-bond donors (Lipinski definition) is 2. The molecule has 1 atom stereocenters. The molecule has 0 aliphatic carbocycles. The minimum absolute atomic E-state index is 0.153. The van der Waals surface area contributed by atoms with E-state index in [0.717, 1.165) is 44.0 Å². The van der Waals surface area contributed by atoms with Crippen LogP contribution in [0.1, 0.15) is 40.1 Å². The van der Waals surface area contributed by atoms with E-state index in [1.165, 1.54) is 11.6 Å². The maximum Gasteiger partial charge on any atom is 0.293 e. The fourth-order valence-corrected chi connectivity index (χ4v) is 4.27. The number of aromatic nitrogens is 1. The lowest BCUT2D eigenvalue weighted by atomic mass is 10.1. The Morgan fingerprint density at radius 2 is 1.83 bits per heavy atom. The monoisotopic (exact) mass is 488 g/mol. The molecule has 1 amide bonds. The summed E-state index contributed by atoms with van der Waals surface area (Å²) in [5, 5.41) is 17.7. The minimum Gasteiger partial charge on any atom is -0.371 e. The first-order chi connectivity index (χ1) is 17.4. The maximum atomic E-state index is 12.8. The van der Waals surface area contributed by atoms with Gasteiger partial charge in [-0.05, 0) is 49.4 Å². The van der Waals surface area contributed by atoms with Crippen LogP contribution in [0.4, 0.5) is 11.4 Å². The van der Waals surface area contributed by atoms with Crippen LogP contribution in [0.2, 0.25) is 0 Å². The smallest absolute Gasteiger partial charge is 0.293 e. The van der Waals surface area contributed by atoms with Crippen molar-refractivity contribution in [2.24, 2.45) is 0 Å². The Kier molecular flexibility index (Phi) is 8.24. The molecule has 1 aliphatic heterocycles. The molecule has 1 aromatic heterocycles. The highest BCUT2D eigenvalue weighted by molar-refractivity contribution is 5.95. The summed E-state index contributed by atoms with van der Waals surface area (Å²) in [7, 11) is 2.14. The van der Waals surface area contributed by atoms with Crippen LogP contribution in [0.25, 0.3) is 0 Å². The summed E-state index contributed by atoms with van der Waals surface area (Å²) < 4.78 is 0. The Bertz CT molecular complexity index is 1200. The number of nitrogens with zero attached hydrogens (tertiary/aromatic N) is 4. The summed E-state index contributed by atoms with van der Waals surface area (Å²) in [5.74, 6) is -0.355. The molecule has 36 heavy (non-hydrogen) atoms. The molecule has 0 spiro atoms. The van der Waals surface area contributed by atoms with Gasteiger partial charge in [-0.3, -0.25) is 24.8 Å². The van der Waals surface area contributed by atoms with Gasteiger partial charge in [-0.25, -0.2) is 0 Å². The molecule has 0 saturated carbocycles. The lowest BCUT2D eigenvalue weighted by molar-refractivity contribution is -0.384. The van der Waals surface area contributed by atoms with Crippen molar-refractivity contribution in [3.63, 3.8) is 0 Å². The first-order valence-corrected chi connectivity index (χ1v) is 12.1. The maximum absolute atomic E-state index is 12.8. The summed E-state index contributed by atoms with van der Waals surface area (Å²) in [5.41, 5.74) is 3.40. The van der Waals surface area contributed by atoms with Crippen LogP contribution in [0.15, 0.2) is 66.9 Å². The van der Waals surface area contributed by atoms with Gasteiger partial charge in [0, 0.05) is 57.1 Å². The van der Waals surface area contributed by atoms with Gasteiger partial charge >= 0.3 is 0 Å². The van der Waals surface area contributed by atoms with E-state index in [-0.39, 0.29) is 23.2 Å². The van der Waals surface area contributed by atoms with Crippen LogP contribution in [0, 0.1) is 10.1 Å². The lowest BCUT2D eigenvalue weighted by Gasteiger charge is -2.32. The van der Waals surface area contributed by atoms with Gasteiger partial charge in [-0.1, -0.05) is 30.3 Å². The molecule has 188 valence electrons. The van der Waals surface area contributed by atoms with Crippen molar-refractivity contribution in [1.82, 2.24) is 20.1 Å². The Morgan fingerprint density at radius 1 is 1.06 bits per heavy atom. The van der Waals surface area contributed by atoms with Gasteiger partial charge in [0.15, 0.2) is 0 Å². The number of pyridine rings is 1. The number of nitro groups is 1. The first kappa shape index (κ1) is 25.3. The summed E-state index contributed by atoms with van der Waals surface area (Å²) >= 11 is 0. The number of nitrogens with one attached hydrogen (secondary N) is 2. The van der Waals surface area contributed by atoms with Gasteiger partial charge in [0.1, 0.15) is 5.69 Å². The molecular weight excluding hydrogens is 456 g/mol. The minimum atomic E-state index is -0.480. The zero-order valence-electron chi connectivity index (χ0n) is 20.7. The Balaban J connectivity index is 1.38. The number of rotatable bonds is 9. The molecule has 2 heterocycles. The molecule has 1 saturated heterocycles. The van der Waals surface area contributed by atoms with Crippen LogP contribution < -0.4 is 10.6 Å². The van der Waals surface area contributed by atoms with Gasteiger partial charge < -0.3 is 15.5 Å². The molecule has 0 radical (unpaired) electrons. The fourth-order valence-electron chi connectivity index (χ4n) is 4.27. The van der Waals surface area contributed by atoms with Crippen LogP contribution >= 0.6 is 0 Å². The van der Waals surface area contributed by atoms with Crippen molar-refractivity contribution in [2.75, 3.05) is 38.5 Å². The molecule has 9 nitrogen and oxygen atoms in total. The number of carbonyl (C=O) groups excluding carboxylic acids is 1. The Hall–Kier alpha value is -3.82. The van der Waals surface area contributed by atoms with E-state index in [9.17, 15) is 14.9 Å². The van der Waals surface area contributed by atoms with Gasteiger partial charge in [-0.15, -0.1) is 0 Å². The number of carbonyl (C=O) groups is 1. The second kappa shape index (κ2) is 11.7. The van der Waals surface area contributed by atoms with E-state index in [4.69, 9.17) is 0 Å². The zero-order valence-corrected chi connectivity index (χ0v) is 20.7. The molecule has 1 fully saturated rings. The van der Waals surface area contributed by atoms with E-state index in [2.05, 4.69) is 44.6 Å². The highest BCUT2D eigenvalue weighted by Gasteiger charge is 2.20. The van der Waals surface area contributed by atoms with Crippen LogP contribution in [-0.2, 0) is 13.1 Å². The second-order valence-electron chi connectivity index (χ2n) is 9.19. The van der Waals surface area contributed by atoms with Crippen molar-refractivity contribution >= 4 is 17.3 Å². The van der Waals surface area contributed by atoms with Crippen LogP contribution in [0.5, 0.6) is 0 Å². The predicted molar refractivity (Wildman–Crippen MR) is 140 cm³/mol. The molecule has 0 bridgehead atoms. The topological polar surface area (TPSA) is 104 Å². The number of nitro benzene ring substituents is 1. The molecule has 9 heteroatoms. The molecule has 3 aromatic rings. The van der Waals surface area contributed by atoms with Crippen LogP contribution in [-0.4, -0.2) is 58.8 Å². The Labute approximate surface area is 211 Å². The zero-order chi connectivity index (χ0) is 25.5. The lowest BCUT2D eigenvalue weighted by Crippen LogP contribution is -2.43. The van der Waals surface area contributed by atoms with Crippen LogP contribution in [0.3, 0.4) is 0 Å². The third-order valence-electron chi connectivity index (χ3n) is 6.41.